The molecule has 0 radical (unpaired) electrons. The molecule has 5 nitrogen and oxygen atoms in total. The summed E-state index contributed by atoms with van der Waals surface area (Å²) in [5.41, 5.74) is 1.42. The van der Waals surface area contributed by atoms with Crippen LogP contribution in [0, 0.1) is 6.92 Å². The Morgan fingerprint density at radius 1 is 1.44 bits per heavy atom. The Kier molecular flexibility index (Phi) is 2.60. The van der Waals surface area contributed by atoms with Gasteiger partial charge in [0.2, 0.25) is 0 Å². The molecule has 0 amide bonds. The number of hydrogen-bond donors (Lipinski definition) is 1. The van der Waals surface area contributed by atoms with Gasteiger partial charge in [-0.15, -0.1) is 0 Å². The average Bonchev–Trinajstić information content (AvgIpc) is 2.64. The van der Waals surface area contributed by atoms with E-state index in [1.165, 1.54) is 0 Å². The van der Waals surface area contributed by atoms with E-state index in [1.807, 2.05) is 32.9 Å². The predicted molar refractivity (Wildman–Crippen MR) is 60.8 cm³/mol. The summed E-state index contributed by atoms with van der Waals surface area (Å²) in [4.78, 5) is 18.0. The van der Waals surface area contributed by atoms with Gasteiger partial charge >= 0.3 is 5.69 Å². The number of aromatic amines is 1. The van der Waals surface area contributed by atoms with Crippen molar-refractivity contribution in [2.45, 2.75) is 26.7 Å². The van der Waals surface area contributed by atoms with Gasteiger partial charge in [0.15, 0.2) is 5.82 Å². The summed E-state index contributed by atoms with van der Waals surface area (Å²) in [6, 6.07) is 3.72. The highest BCUT2D eigenvalue weighted by molar-refractivity contribution is 5.24. The quantitative estimate of drug-likeness (QED) is 0.828. The minimum atomic E-state index is -0.339. The van der Waals surface area contributed by atoms with Crippen LogP contribution < -0.4 is 5.69 Å². The van der Waals surface area contributed by atoms with Gasteiger partial charge in [0, 0.05) is 18.0 Å². The van der Waals surface area contributed by atoms with Crippen molar-refractivity contribution in [3.05, 3.63) is 40.2 Å². The number of H-pyrrole nitrogens is 1. The first-order chi connectivity index (χ1) is 7.56. The fourth-order valence-electron chi connectivity index (χ4n) is 1.43. The summed E-state index contributed by atoms with van der Waals surface area (Å²) < 4.78 is 1.61. The largest absolute Gasteiger partial charge is 0.347 e. The molecule has 0 aliphatic rings. The Balaban J connectivity index is 2.53. The molecule has 2 aromatic rings. The molecule has 0 bridgehead atoms. The topological polar surface area (TPSA) is 63.6 Å². The van der Waals surface area contributed by atoms with Crippen molar-refractivity contribution in [1.82, 2.24) is 19.7 Å². The normalized spacial score (nSPS) is 11.0. The molecular weight excluding hydrogens is 204 g/mol. The summed E-state index contributed by atoms with van der Waals surface area (Å²) in [6.07, 6.45) is 1.79. The summed E-state index contributed by atoms with van der Waals surface area (Å²) in [5.74, 6) is 0.812. The van der Waals surface area contributed by atoms with Crippen LogP contribution in [0.1, 0.15) is 31.2 Å². The molecule has 0 aromatic carbocycles. The summed E-state index contributed by atoms with van der Waals surface area (Å²) in [6.45, 7) is 5.93. The second kappa shape index (κ2) is 3.92. The van der Waals surface area contributed by atoms with Crippen molar-refractivity contribution in [2.75, 3.05) is 0 Å². The van der Waals surface area contributed by atoms with E-state index in [9.17, 15) is 4.79 Å². The molecule has 2 rings (SSSR count). The number of aryl methyl sites for hydroxylation is 1. The van der Waals surface area contributed by atoms with Crippen LogP contribution in [-0.2, 0) is 0 Å². The molecule has 16 heavy (non-hydrogen) atoms. The van der Waals surface area contributed by atoms with Gasteiger partial charge in [-0.1, -0.05) is 13.8 Å². The van der Waals surface area contributed by atoms with E-state index in [0.717, 1.165) is 11.4 Å². The Morgan fingerprint density at radius 3 is 2.75 bits per heavy atom. The molecule has 0 aliphatic heterocycles. The van der Waals surface area contributed by atoms with Gasteiger partial charge < -0.3 is 4.98 Å². The smallest absolute Gasteiger partial charge is 0.309 e. The van der Waals surface area contributed by atoms with Crippen LogP contribution in [0.5, 0.6) is 0 Å². The van der Waals surface area contributed by atoms with Gasteiger partial charge in [0.05, 0.1) is 5.69 Å². The summed E-state index contributed by atoms with van der Waals surface area (Å²) in [7, 11) is 0. The molecule has 0 atom stereocenters. The van der Waals surface area contributed by atoms with E-state index in [1.54, 1.807) is 10.9 Å². The molecule has 2 heterocycles. The highest BCUT2D eigenvalue weighted by Crippen LogP contribution is 2.11. The van der Waals surface area contributed by atoms with Crippen molar-refractivity contribution >= 4 is 0 Å². The summed E-state index contributed by atoms with van der Waals surface area (Å²) >= 11 is 0. The molecular formula is C11H14N4O. The number of nitrogens with zero attached hydrogens (tertiary/aromatic N) is 3. The van der Waals surface area contributed by atoms with Crippen molar-refractivity contribution < 1.29 is 0 Å². The van der Waals surface area contributed by atoms with E-state index >= 15 is 0 Å². The second-order valence-electron chi connectivity index (χ2n) is 4.06. The van der Waals surface area contributed by atoms with E-state index in [4.69, 9.17) is 0 Å². The molecule has 2 aromatic heterocycles. The fourth-order valence-corrected chi connectivity index (χ4v) is 1.43. The SMILES string of the molecule is Cc1ccn(-c2cc(C(C)C)[nH]c(=O)n2)n1. The van der Waals surface area contributed by atoms with Crippen LogP contribution in [0.4, 0.5) is 0 Å². The standard InChI is InChI=1S/C11H14N4O/c1-7(2)9-6-10(13-11(16)12-9)15-5-4-8(3)14-15/h4-7H,1-3H3,(H,12,13,16). The highest BCUT2D eigenvalue weighted by atomic mass is 16.1. The van der Waals surface area contributed by atoms with Crippen molar-refractivity contribution in [2.24, 2.45) is 0 Å². The zero-order valence-electron chi connectivity index (χ0n) is 9.56. The van der Waals surface area contributed by atoms with Gasteiger partial charge in [-0.3, -0.25) is 0 Å². The van der Waals surface area contributed by atoms with Crippen LogP contribution in [0.15, 0.2) is 23.1 Å². The maximum absolute atomic E-state index is 11.4. The zero-order valence-corrected chi connectivity index (χ0v) is 9.56. The molecule has 0 fully saturated rings. The average molecular weight is 218 g/mol. The number of aromatic nitrogens is 4. The first kappa shape index (κ1) is 10.6. The van der Waals surface area contributed by atoms with Crippen molar-refractivity contribution in [3.63, 3.8) is 0 Å². The Hall–Kier alpha value is -1.91. The lowest BCUT2D eigenvalue weighted by Gasteiger charge is -2.06. The van der Waals surface area contributed by atoms with E-state index in [2.05, 4.69) is 15.1 Å². The molecule has 0 unspecified atom stereocenters. The zero-order chi connectivity index (χ0) is 11.7. The first-order valence-electron chi connectivity index (χ1n) is 5.20. The lowest BCUT2D eigenvalue weighted by atomic mass is 10.1. The molecule has 0 saturated heterocycles. The van der Waals surface area contributed by atoms with Crippen LogP contribution in [0.25, 0.3) is 5.82 Å². The van der Waals surface area contributed by atoms with E-state index < -0.39 is 0 Å². The van der Waals surface area contributed by atoms with Crippen LogP contribution in [0.2, 0.25) is 0 Å². The lowest BCUT2D eigenvalue weighted by molar-refractivity contribution is 0.766. The third-order valence-electron chi connectivity index (χ3n) is 2.33. The third kappa shape index (κ3) is 2.03. The second-order valence-corrected chi connectivity index (χ2v) is 4.06. The Morgan fingerprint density at radius 2 is 2.19 bits per heavy atom. The molecule has 5 heteroatoms. The Bertz CT molecular complexity index is 553. The van der Waals surface area contributed by atoms with E-state index in [0.29, 0.717) is 5.82 Å². The number of nitrogens with one attached hydrogen (secondary N) is 1. The third-order valence-corrected chi connectivity index (χ3v) is 2.33. The maximum Gasteiger partial charge on any atom is 0.347 e. The minimum Gasteiger partial charge on any atom is -0.309 e. The summed E-state index contributed by atoms with van der Waals surface area (Å²) in [5, 5.41) is 4.22. The monoisotopic (exact) mass is 218 g/mol. The predicted octanol–water partition coefficient (Wildman–Crippen LogP) is 1.39. The first-order valence-corrected chi connectivity index (χ1v) is 5.20. The van der Waals surface area contributed by atoms with Crippen molar-refractivity contribution in [3.8, 4) is 5.82 Å². The highest BCUT2D eigenvalue weighted by Gasteiger charge is 2.06. The number of hydrogen-bond acceptors (Lipinski definition) is 3. The fraction of sp³-hybridized carbons (Fsp3) is 0.364. The van der Waals surface area contributed by atoms with Crippen LogP contribution >= 0.6 is 0 Å². The number of rotatable bonds is 2. The minimum absolute atomic E-state index is 0.256. The van der Waals surface area contributed by atoms with E-state index in [-0.39, 0.29) is 11.6 Å². The molecule has 0 saturated carbocycles. The van der Waals surface area contributed by atoms with Gasteiger partial charge in [-0.05, 0) is 18.9 Å². The Labute approximate surface area is 93.2 Å². The van der Waals surface area contributed by atoms with Gasteiger partial charge in [0.1, 0.15) is 0 Å². The van der Waals surface area contributed by atoms with Gasteiger partial charge in [-0.25, -0.2) is 9.48 Å². The van der Waals surface area contributed by atoms with Crippen molar-refractivity contribution in [1.29, 1.82) is 0 Å². The molecule has 84 valence electrons. The lowest BCUT2D eigenvalue weighted by Crippen LogP contribution is -2.17. The maximum atomic E-state index is 11.4. The molecule has 0 aliphatic carbocycles. The molecule has 1 N–H and O–H groups in total. The van der Waals surface area contributed by atoms with Gasteiger partial charge in [0.25, 0.3) is 0 Å². The van der Waals surface area contributed by atoms with Gasteiger partial charge in [-0.2, -0.15) is 10.1 Å². The van der Waals surface area contributed by atoms with Crippen LogP contribution in [-0.4, -0.2) is 19.7 Å². The van der Waals surface area contributed by atoms with Crippen LogP contribution in [0.3, 0.4) is 0 Å². The molecule has 0 spiro atoms.